The first-order valence-electron chi connectivity index (χ1n) is 6.17. The second-order valence-electron chi connectivity index (χ2n) is 4.83. The molecule has 0 saturated heterocycles. The van der Waals surface area contributed by atoms with Gasteiger partial charge in [0.2, 0.25) is 0 Å². The van der Waals surface area contributed by atoms with Crippen LogP contribution in [0.15, 0.2) is 36.4 Å². The third-order valence-electron chi connectivity index (χ3n) is 3.12. The molecule has 0 fully saturated rings. The van der Waals surface area contributed by atoms with Gasteiger partial charge in [0.05, 0.1) is 16.6 Å². The number of nitrogens with one attached hydrogen (secondary N) is 1. The van der Waals surface area contributed by atoms with Gasteiger partial charge in [0, 0.05) is 5.56 Å². The molecular formula is C15H10F4N2. The second kappa shape index (κ2) is 4.58. The number of halogens is 4. The van der Waals surface area contributed by atoms with E-state index in [0.29, 0.717) is 22.5 Å². The Morgan fingerprint density at radius 1 is 1.05 bits per heavy atom. The average Bonchev–Trinajstić information content (AvgIpc) is 2.79. The third-order valence-corrected chi connectivity index (χ3v) is 3.12. The van der Waals surface area contributed by atoms with Crippen LogP contribution in [0.3, 0.4) is 0 Å². The summed E-state index contributed by atoms with van der Waals surface area (Å²) >= 11 is 0. The first kappa shape index (κ1) is 13.6. The molecule has 6 heteroatoms. The normalized spacial score (nSPS) is 12.0. The molecule has 0 amide bonds. The van der Waals surface area contributed by atoms with Gasteiger partial charge in [-0.2, -0.15) is 13.2 Å². The highest BCUT2D eigenvalue weighted by Gasteiger charge is 2.30. The molecule has 0 atom stereocenters. The van der Waals surface area contributed by atoms with E-state index in [4.69, 9.17) is 0 Å². The molecule has 0 saturated carbocycles. The fraction of sp³-hybridized carbons (Fsp3) is 0.133. The summed E-state index contributed by atoms with van der Waals surface area (Å²) in [6.07, 6.45) is -4.41. The Labute approximate surface area is 117 Å². The maximum atomic E-state index is 13.4. The first-order valence-corrected chi connectivity index (χ1v) is 6.17. The van der Waals surface area contributed by atoms with Crippen molar-refractivity contribution in [3.8, 4) is 11.4 Å². The number of benzene rings is 2. The van der Waals surface area contributed by atoms with E-state index in [1.165, 1.54) is 18.2 Å². The highest BCUT2D eigenvalue weighted by atomic mass is 19.4. The van der Waals surface area contributed by atoms with Crippen LogP contribution in [0.25, 0.3) is 22.4 Å². The largest absolute Gasteiger partial charge is 0.416 e. The van der Waals surface area contributed by atoms with E-state index in [0.717, 1.165) is 12.1 Å². The summed E-state index contributed by atoms with van der Waals surface area (Å²) in [7, 11) is 0. The van der Waals surface area contributed by atoms with E-state index in [9.17, 15) is 17.6 Å². The lowest BCUT2D eigenvalue weighted by atomic mass is 10.1. The molecule has 0 bridgehead atoms. The lowest BCUT2D eigenvalue weighted by Gasteiger charge is -2.05. The smallest absolute Gasteiger partial charge is 0.338 e. The molecule has 2 nitrogen and oxygen atoms in total. The summed E-state index contributed by atoms with van der Waals surface area (Å²) in [6, 6.07) is 7.64. The van der Waals surface area contributed by atoms with E-state index in [2.05, 4.69) is 9.97 Å². The first-order chi connectivity index (χ1) is 9.83. The van der Waals surface area contributed by atoms with Crippen LogP contribution in [0.2, 0.25) is 0 Å². The predicted molar refractivity (Wildman–Crippen MR) is 71.2 cm³/mol. The summed E-state index contributed by atoms with van der Waals surface area (Å²) in [5, 5.41) is 0. The van der Waals surface area contributed by atoms with E-state index in [-0.39, 0.29) is 5.52 Å². The van der Waals surface area contributed by atoms with Gasteiger partial charge in [-0.05, 0) is 48.9 Å². The lowest BCUT2D eigenvalue weighted by molar-refractivity contribution is -0.137. The van der Waals surface area contributed by atoms with Crippen LogP contribution in [-0.2, 0) is 6.18 Å². The van der Waals surface area contributed by atoms with Crippen LogP contribution >= 0.6 is 0 Å². The van der Waals surface area contributed by atoms with Gasteiger partial charge in [0.15, 0.2) is 0 Å². The molecule has 1 aromatic heterocycles. The number of aromatic nitrogens is 2. The van der Waals surface area contributed by atoms with Crippen molar-refractivity contribution < 1.29 is 17.6 Å². The molecule has 0 unspecified atom stereocenters. The average molecular weight is 294 g/mol. The van der Waals surface area contributed by atoms with Gasteiger partial charge < -0.3 is 4.98 Å². The molecule has 1 N–H and O–H groups in total. The Morgan fingerprint density at radius 2 is 1.81 bits per heavy atom. The standard InChI is InChI=1S/C15H10F4N2/c1-8-4-9(6-11(16)5-8)14-20-12-3-2-10(15(17,18)19)7-13(12)21-14/h2-7H,1H3,(H,20,21). The van der Waals surface area contributed by atoms with E-state index in [1.807, 2.05) is 0 Å². The molecule has 0 aliphatic carbocycles. The summed E-state index contributed by atoms with van der Waals surface area (Å²) in [5.41, 5.74) is 1.13. The molecule has 0 aliphatic heterocycles. The van der Waals surface area contributed by atoms with Gasteiger partial charge >= 0.3 is 6.18 Å². The summed E-state index contributed by atoms with van der Waals surface area (Å²) < 4.78 is 51.4. The number of fused-ring (bicyclic) bond motifs is 1. The monoisotopic (exact) mass is 294 g/mol. The molecule has 1 heterocycles. The summed E-state index contributed by atoms with van der Waals surface area (Å²) in [5.74, 6) is -0.0756. The van der Waals surface area contributed by atoms with Gasteiger partial charge in [-0.15, -0.1) is 0 Å². The van der Waals surface area contributed by atoms with Crippen molar-refractivity contribution in [2.45, 2.75) is 13.1 Å². The number of nitrogens with zero attached hydrogens (tertiary/aromatic N) is 1. The van der Waals surface area contributed by atoms with Crippen LogP contribution in [-0.4, -0.2) is 9.97 Å². The Bertz CT molecular complexity index is 798. The molecule has 21 heavy (non-hydrogen) atoms. The molecule has 0 radical (unpaired) electrons. The molecule has 108 valence electrons. The van der Waals surface area contributed by atoms with Crippen LogP contribution < -0.4 is 0 Å². The zero-order valence-electron chi connectivity index (χ0n) is 10.9. The number of H-pyrrole nitrogens is 1. The quantitative estimate of drug-likeness (QED) is 0.648. The van der Waals surface area contributed by atoms with Crippen molar-refractivity contribution >= 4 is 11.0 Å². The van der Waals surface area contributed by atoms with Gasteiger partial charge in [-0.25, -0.2) is 9.37 Å². The number of hydrogen-bond donors (Lipinski definition) is 1. The van der Waals surface area contributed by atoms with Crippen LogP contribution in [0, 0.1) is 12.7 Å². The third kappa shape index (κ3) is 2.61. The van der Waals surface area contributed by atoms with Crippen molar-refractivity contribution in [3.63, 3.8) is 0 Å². The number of rotatable bonds is 1. The maximum absolute atomic E-state index is 13.4. The molecule has 0 spiro atoms. The number of imidazole rings is 1. The van der Waals surface area contributed by atoms with Crippen molar-refractivity contribution in [1.29, 1.82) is 0 Å². The van der Waals surface area contributed by atoms with Crippen LogP contribution in [0.4, 0.5) is 17.6 Å². The minimum Gasteiger partial charge on any atom is -0.338 e. The fourth-order valence-corrected chi connectivity index (χ4v) is 2.20. The molecule has 0 aliphatic rings. The lowest BCUT2D eigenvalue weighted by Crippen LogP contribution is -2.04. The van der Waals surface area contributed by atoms with Gasteiger partial charge in [0.25, 0.3) is 0 Å². The Hall–Kier alpha value is -2.37. The maximum Gasteiger partial charge on any atom is 0.416 e. The Morgan fingerprint density at radius 3 is 2.48 bits per heavy atom. The number of aromatic amines is 1. The predicted octanol–water partition coefficient (Wildman–Crippen LogP) is 4.70. The molecule has 3 aromatic rings. The van der Waals surface area contributed by atoms with Gasteiger partial charge in [-0.1, -0.05) is 0 Å². The van der Waals surface area contributed by atoms with Crippen molar-refractivity contribution in [2.24, 2.45) is 0 Å². The Balaban J connectivity index is 2.13. The minimum atomic E-state index is -4.41. The summed E-state index contributed by atoms with van der Waals surface area (Å²) in [6.45, 7) is 1.73. The SMILES string of the molecule is Cc1cc(F)cc(-c2nc3ccc(C(F)(F)F)cc3[nH]2)c1. The van der Waals surface area contributed by atoms with E-state index < -0.39 is 17.6 Å². The van der Waals surface area contributed by atoms with Crippen molar-refractivity contribution in [2.75, 3.05) is 0 Å². The zero-order chi connectivity index (χ0) is 15.2. The highest BCUT2D eigenvalue weighted by Crippen LogP contribution is 2.31. The van der Waals surface area contributed by atoms with Crippen LogP contribution in [0.5, 0.6) is 0 Å². The van der Waals surface area contributed by atoms with Gasteiger partial charge in [-0.3, -0.25) is 0 Å². The highest BCUT2D eigenvalue weighted by molar-refractivity contribution is 5.80. The van der Waals surface area contributed by atoms with E-state index in [1.54, 1.807) is 13.0 Å². The fourth-order valence-electron chi connectivity index (χ4n) is 2.20. The zero-order valence-corrected chi connectivity index (χ0v) is 10.9. The molecule has 2 aromatic carbocycles. The number of hydrogen-bond acceptors (Lipinski definition) is 1. The van der Waals surface area contributed by atoms with Crippen molar-refractivity contribution in [3.05, 3.63) is 53.3 Å². The topological polar surface area (TPSA) is 28.7 Å². The number of alkyl halides is 3. The molecule has 3 rings (SSSR count). The minimum absolute atomic E-state index is 0.265. The molecular weight excluding hydrogens is 284 g/mol. The number of aryl methyl sites for hydroxylation is 1. The van der Waals surface area contributed by atoms with Gasteiger partial charge in [0.1, 0.15) is 11.6 Å². The summed E-state index contributed by atoms with van der Waals surface area (Å²) in [4.78, 5) is 7.00. The Kier molecular flexibility index (Phi) is 2.97. The van der Waals surface area contributed by atoms with E-state index >= 15 is 0 Å². The second-order valence-corrected chi connectivity index (χ2v) is 4.83. The van der Waals surface area contributed by atoms with Crippen LogP contribution in [0.1, 0.15) is 11.1 Å². The van der Waals surface area contributed by atoms with Crippen molar-refractivity contribution in [1.82, 2.24) is 9.97 Å².